The lowest BCUT2D eigenvalue weighted by molar-refractivity contribution is 0.441. The maximum absolute atomic E-state index is 6.02. The first-order valence-corrected chi connectivity index (χ1v) is 6.57. The predicted molar refractivity (Wildman–Crippen MR) is 73.8 cm³/mol. The van der Waals surface area contributed by atoms with Crippen LogP contribution in [0, 0.1) is 5.92 Å². The third-order valence-electron chi connectivity index (χ3n) is 2.94. The molecule has 3 N–H and O–H groups in total. The van der Waals surface area contributed by atoms with E-state index in [9.17, 15) is 0 Å². The minimum absolute atomic E-state index is 0.339. The fourth-order valence-electron chi connectivity index (χ4n) is 1.89. The summed E-state index contributed by atoms with van der Waals surface area (Å²) < 4.78 is 0. The Morgan fingerprint density at radius 1 is 1.35 bits per heavy atom. The molecule has 1 atom stereocenters. The van der Waals surface area contributed by atoms with E-state index in [4.69, 9.17) is 5.73 Å². The first kappa shape index (κ1) is 14.0. The fraction of sp³-hybridized carbons (Fsp3) is 0.643. The lowest BCUT2D eigenvalue weighted by Gasteiger charge is -2.21. The van der Waals surface area contributed by atoms with Gasteiger partial charge in [-0.25, -0.2) is 0 Å². The molecule has 1 heterocycles. The van der Waals surface area contributed by atoms with Gasteiger partial charge in [0.25, 0.3) is 0 Å². The first-order chi connectivity index (χ1) is 8.15. The van der Waals surface area contributed by atoms with Crippen molar-refractivity contribution in [1.82, 2.24) is 10.3 Å². The van der Waals surface area contributed by atoms with Crippen LogP contribution in [0.15, 0.2) is 18.5 Å². The van der Waals surface area contributed by atoms with Crippen LogP contribution in [0.1, 0.15) is 51.6 Å². The predicted octanol–water partition coefficient (Wildman–Crippen LogP) is 3.14. The Morgan fingerprint density at radius 3 is 2.71 bits per heavy atom. The van der Waals surface area contributed by atoms with Crippen molar-refractivity contribution in [2.45, 2.75) is 46.1 Å². The summed E-state index contributed by atoms with van der Waals surface area (Å²) in [4.78, 5) is 4.18. The number of nitrogens with one attached hydrogen (secondary N) is 1. The Hall–Kier alpha value is -1.09. The lowest BCUT2D eigenvalue weighted by atomic mass is 9.97. The zero-order valence-corrected chi connectivity index (χ0v) is 11.2. The first-order valence-electron chi connectivity index (χ1n) is 6.57. The summed E-state index contributed by atoms with van der Waals surface area (Å²) >= 11 is 0. The van der Waals surface area contributed by atoms with E-state index in [1.165, 1.54) is 6.42 Å². The molecule has 0 aliphatic rings. The van der Waals surface area contributed by atoms with Gasteiger partial charge in [-0.05, 0) is 37.8 Å². The second-order valence-electron chi connectivity index (χ2n) is 4.98. The normalized spacial score (nSPS) is 12.9. The summed E-state index contributed by atoms with van der Waals surface area (Å²) in [5.74, 6) is 0.721. The maximum Gasteiger partial charge on any atom is 0.0393 e. The summed E-state index contributed by atoms with van der Waals surface area (Å²) in [6.45, 7) is 7.71. The van der Waals surface area contributed by atoms with Gasteiger partial charge in [0, 0.05) is 29.7 Å². The quantitative estimate of drug-likeness (QED) is 0.763. The van der Waals surface area contributed by atoms with E-state index in [0.29, 0.717) is 6.04 Å². The number of aromatic nitrogens is 1. The molecular weight excluding hydrogens is 210 g/mol. The molecule has 96 valence electrons. The molecule has 0 saturated heterocycles. The summed E-state index contributed by atoms with van der Waals surface area (Å²) in [5.41, 5.74) is 8.00. The van der Waals surface area contributed by atoms with E-state index in [2.05, 4.69) is 31.1 Å². The zero-order chi connectivity index (χ0) is 12.7. The van der Waals surface area contributed by atoms with Crippen LogP contribution in [0.25, 0.3) is 0 Å². The number of nitrogen functional groups attached to an aromatic ring is 1. The van der Waals surface area contributed by atoms with Gasteiger partial charge >= 0.3 is 0 Å². The van der Waals surface area contributed by atoms with Gasteiger partial charge in [0.05, 0.1) is 0 Å². The fourth-order valence-corrected chi connectivity index (χ4v) is 1.89. The second-order valence-corrected chi connectivity index (χ2v) is 4.98. The van der Waals surface area contributed by atoms with Crippen LogP contribution in [-0.4, -0.2) is 11.5 Å². The molecule has 1 aromatic rings. The molecule has 0 aromatic carbocycles. The zero-order valence-electron chi connectivity index (χ0n) is 11.2. The van der Waals surface area contributed by atoms with Crippen LogP contribution in [-0.2, 0) is 0 Å². The highest BCUT2D eigenvalue weighted by molar-refractivity contribution is 5.46. The molecule has 1 aromatic heterocycles. The van der Waals surface area contributed by atoms with Gasteiger partial charge in [0.15, 0.2) is 0 Å². The van der Waals surface area contributed by atoms with Crippen LogP contribution in [0.4, 0.5) is 5.69 Å². The molecule has 0 amide bonds. The standard InChI is InChI=1S/C14H25N3/c1-4-8-17-14(6-5-11(2)3)12-10-16-9-7-13(12)15/h7,9-11,14,17H,4-6,8H2,1-3H3,(H2,15,16). The molecule has 1 rings (SSSR count). The number of hydrogen-bond acceptors (Lipinski definition) is 3. The van der Waals surface area contributed by atoms with Gasteiger partial charge < -0.3 is 11.1 Å². The molecule has 3 heteroatoms. The Kier molecular flexibility index (Phi) is 5.98. The van der Waals surface area contributed by atoms with Crippen molar-refractivity contribution in [2.24, 2.45) is 5.92 Å². The maximum atomic E-state index is 6.02. The van der Waals surface area contributed by atoms with Crippen LogP contribution >= 0.6 is 0 Å². The smallest absolute Gasteiger partial charge is 0.0393 e. The van der Waals surface area contributed by atoms with E-state index in [1.807, 2.05) is 12.3 Å². The molecule has 3 nitrogen and oxygen atoms in total. The SMILES string of the molecule is CCCNC(CCC(C)C)c1cnccc1N. The van der Waals surface area contributed by atoms with E-state index in [-0.39, 0.29) is 0 Å². The van der Waals surface area contributed by atoms with Crippen LogP contribution in [0.3, 0.4) is 0 Å². The number of anilines is 1. The van der Waals surface area contributed by atoms with Crippen LogP contribution in [0.5, 0.6) is 0 Å². The van der Waals surface area contributed by atoms with Crippen molar-refractivity contribution in [3.63, 3.8) is 0 Å². The Balaban J connectivity index is 2.71. The molecule has 17 heavy (non-hydrogen) atoms. The number of nitrogens with two attached hydrogens (primary N) is 1. The summed E-state index contributed by atoms with van der Waals surface area (Å²) in [6, 6.07) is 2.22. The van der Waals surface area contributed by atoms with Gasteiger partial charge in [-0.1, -0.05) is 20.8 Å². The van der Waals surface area contributed by atoms with Crippen molar-refractivity contribution in [3.8, 4) is 0 Å². The van der Waals surface area contributed by atoms with Gasteiger partial charge in [-0.2, -0.15) is 0 Å². The van der Waals surface area contributed by atoms with Crippen molar-refractivity contribution < 1.29 is 0 Å². The third-order valence-corrected chi connectivity index (χ3v) is 2.94. The highest BCUT2D eigenvalue weighted by atomic mass is 14.9. The van der Waals surface area contributed by atoms with E-state index < -0.39 is 0 Å². The Bertz CT molecular complexity index is 323. The lowest BCUT2D eigenvalue weighted by Crippen LogP contribution is -2.23. The summed E-state index contributed by atoms with van der Waals surface area (Å²) in [6.07, 6.45) is 7.10. The molecule has 0 saturated carbocycles. The molecule has 1 unspecified atom stereocenters. The van der Waals surface area contributed by atoms with Crippen molar-refractivity contribution in [3.05, 3.63) is 24.0 Å². The molecule has 0 bridgehead atoms. The second kappa shape index (κ2) is 7.28. The monoisotopic (exact) mass is 235 g/mol. The van der Waals surface area contributed by atoms with Crippen molar-refractivity contribution in [2.75, 3.05) is 12.3 Å². The van der Waals surface area contributed by atoms with Gasteiger partial charge in [-0.15, -0.1) is 0 Å². The average molecular weight is 235 g/mol. The topological polar surface area (TPSA) is 50.9 Å². The van der Waals surface area contributed by atoms with Crippen LogP contribution < -0.4 is 11.1 Å². The highest BCUT2D eigenvalue weighted by Crippen LogP contribution is 2.24. The number of nitrogens with zero attached hydrogens (tertiary/aromatic N) is 1. The molecule has 0 radical (unpaired) electrons. The minimum atomic E-state index is 0.339. The third kappa shape index (κ3) is 4.73. The largest absolute Gasteiger partial charge is 0.398 e. The van der Waals surface area contributed by atoms with Gasteiger partial charge in [0.2, 0.25) is 0 Å². The van der Waals surface area contributed by atoms with E-state index in [1.54, 1.807) is 6.20 Å². The van der Waals surface area contributed by atoms with Crippen LogP contribution in [0.2, 0.25) is 0 Å². The van der Waals surface area contributed by atoms with Crippen molar-refractivity contribution in [1.29, 1.82) is 0 Å². The van der Waals surface area contributed by atoms with Gasteiger partial charge in [-0.3, -0.25) is 4.98 Å². The highest BCUT2D eigenvalue weighted by Gasteiger charge is 2.14. The van der Waals surface area contributed by atoms with Gasteiger partial charge in [0.1, 0.15) is 0 Å². The molecular formula is C14H25N3. The average Bonchev–Trinajstić information content (AvgIpc) is 2.30. The summed E-state index contributed by atoms with van der Waals surface area (Å²) in [5, 5.41) is 3.56. The molecule has 0 aliphatic heterocycles. The number of pyridine rings is 1. The summed E-state index contributed by atoms with van der Waals surface area (Å²) in [7, 11) is 0. The van der Waals surface area contributed by atoms with E-state index in [0.717, 1.165) is 36.6 Å². The molecule has 0 aliphatic carbocycles. The van der Waals surface area contributed by atoms with E-state index >= 15 is 0 Å². The minimum Gasteiger partial charge on any atom is -0.398 e. The Labute approximate surface area is 105 Å². The number of rotatable bonds is 7. The Morgan fingerprint density at radius 2 is 2.12 bits per heavy atom. The van der Waals surface area contributed by atoms with Crippen molar-refractivity contribution >= 4 is 5.69 Å². The molecule has 0 fully saturated rings. The molecule has 0 spiro atoms. The number of hydrogen-bond donors (Lipinski definition) is 2.